The van der Waals surface area contributed by atoms with Crippen LogP contribution < -0.4 is 4.80 Å². The number of nitrogens with zero attached hydrogens (tertiary/aromatic N) is 1. The molecule has 0 aliphatic carbocycles. The molecule has 0 spiro atoms. The molecule has 0 bridgehead atoms. The monoisotopic (exact) mass is 354 g/mol. The standard InChI is InChI=1S/C15H9Cl3N2S/c16-10-3-1-9(2-4-10)14-8-21-15(19)20(14)11-5-6-12(17)13(18)7-11/h1-8,19H. The van der Waals surface area contributed by atoms with Crippen molar-refractivity contribution in [2.24, 2.45) is 0 Å². The van der Waals surface area contributed by atoms with E-state index in [0.29, 0.717) is 19.9 Å². The second-order valence-corrected chi connectivity index (χ2v) is 6.48. The van der Waals surface area contributed by atoms with Gasteiger partial charge in [0, 0.05) is 10.4 Å². The van der Waals surface area contributed by atoms with E-state index in [-0.39, 0.29) is 0 Å². The molecule has 2 nitrogen and oxygen atoms in total. The molecule has 1 N–H and O–H groups in total. The molecule has 3 aromatic rings. The summed E-state index contributed by atoms with van der Waals surface area (Å²) in [5.74, 6) is 0. The summed E-state index contributed by atoms with van der Waals surface area (Å²) >= 11 is 19.3. The molecule has 2 aromatic carbocycles. The maximum absolute atomic E-state index is 8.12. The fraction of sp³-hybridized carbons (Fsp3) is 0. The predicted molar refractivity (Wildman–Crippen MR) is 90.0 cm³/mol. The number of thiazole rings is 1. The minimum atomic E-state index is 0.415. The van der Waals surface area contributed by atoms with E-state index in [4.69, 9.17) is 40.2 Å². The lowest BCUT2D eigenvalue weighted by Gasteiger charge is -2.10. The maximum Gasteiger partial charge on any atom is 0.187 e. The van der Waals surface area contributed by atoms with E-state index in [1.54, 1.807) is 12.1 Å². The summed E-state index contributed by atoms with van der Waals surface area (Å²) in [5, 5.41) is 11.7. The first-order valence-corrected chi connectivity index (χ1v) is 8.04. The molecule has 106 valence electrons. The molecule has 0 aliphatic rings. The van der Waals surface area contributed by atoms with Crippen LogP contribution in [0.2, 0.25) is 15.1 Å². The minimum absolute atomic E-state index is 0.415. The molecular weight excluding hydrogens is 347 g/mol. The molecule has 0 saturated carbocycles. The van der Waals surface area contributed by atoms with Crippen LogP contribution in [0.3, 0.4) is 0 Å². The topological polar surface area (TPSA) is 28.8 Å². The number of hydrogen-bond acceptors (Lipinski definition) is 2. The normalized spacial score (nSPS) is 10.8. The summed E-state index contributed by atoms with van der Waals surface area (Å²) in [7, 11) is 0. The van der Waals surface area contributed by atoms with E-state index in [1.165, 1.54) is 11.3 Å². The van der Waals surface area contributed by atoms with Gasteiger partial charge in [0.1, 0.15) is 0 Å². The minimum Gasteiger partial charge on any atom is -0.285 e. The molecule has 0 amide bonds. The van der Waals surface area contributed by atoms with Crippen molar-refractivity contribution >= 4 is 46.1 Å². The van der Waals surface area contributed by atoms with Gasteiger partial charge in [-0.2, -0.15) is 0 Å². The quantitative estimate of drug-likeness (QED) is 0.616. The van der Waals surface area contributed by atoms with Crippen LogP contribution in [0.4, 0.5) is 0 Å². The Morgan fingerprint density at radius 1 is 0.905 bits per heavy atom. The Kier molecular flexibility index (Phi) is 4.09. The fourth-order valence-electron chi connectivity index (χ4n) is 2.02. The van der Waals surface area contributed by atoms with Crippen molar-refractivity contribution in [3.05, 3.63) is 67.7 Å². The molecule has 6 heteroatoms. The molecular formula is C15H9Cl3N2S. The molecule has 0 aliphatic heterocycles. The summed E-state index contributed by atoms with van der Waals surface area (Å²) in [5.41, 5.74) is 2.71. The molecule has 1 aromatic heterocycles. The fourth-order valence-corrected chi connectivity index (χ4v) is 3.22. The SMILES string of the molecule is N=c1scc(-c2ccc(Cl)cc2)n1-c1ccc(Cl)c(Cl)c1. The highest BCUT2D eigenvalue weighted by atomic mass is 35.5. The molecule has 0 radical (unpaired) electrons. The Bertz CT molecular complexity index is 850. The van der Waals surface area contributed by atoms with Gasteiger partial charge in [-0.3, -0.25) is 9.98 Å². The first kappa shape index (κ1) is 14.7. The number of aromatic nitrogens is 1. The van der Waals surface area contributed by atoms with Crippen molar-refractivity contribution in [3.8, 4) is 16.9 Å². The number of hydrogen-bond donors (Lipinski definition) is 1. The van der Waals surface area contributed by atoms with Crippen molar-refractivity contribution in [3.63, 3.8) is 0 Å². The van der Waals surface area contributed by atoms with Gasteiger partial charge in [-0.05, 0) is 35.9 Å². The van der Waals surface area contributed by atoms with Crippen LogP contribution in [0.25, 0.3) is 16.9 Å². The Morgan fingerprint density at radius 2 is 1.62 bits per heavy atom. The third kappa shape index (κ3) is 2.87. The Balaban J connectivity index is 2.19. The van der Waals surface area contributed by atoms with Crippen LogP contribution in [-0.2, 0) is 0 Å². The predicted octanol–water partition coefficient (Wildman–Crippen LogP) is 5.65. The average Bonchev–Trinajstić information content (AvgIpc) is 2.85. The van der Waals surface area contributed by atoms with Gasteiger partial charge in [0.05, 0.1) is 21.4 Å². The molecule has 1 heterocycles. The third-order valence-corrected chi connectivity index (χ3v) is 4.77. The summed E-state index contributed by atoms with van der Waals surface area (Å²) < 4.78 is 1.83. The number of rotatable bonds is 2. The lowest BCUT2D eigenvalue weighted by molar-refractivity contribution is 0.987. The van der Waals surface area contributed by atoms with Crippen LogP contribution in [0.15, 0.2) is 47.8 Å². The number of benzene rings is 2. The second-order valence-electron chi connectivity index (χ2n) is 4.37. The zero-order valence-electron chi connectivity index (χ0n) is 10.6. The molecule has 0 fully saturated rings. The molecule has 0 unspecified atom stereocenters. The average molecular weight is 356 g/mol. The zero-order valence-corrected chi connectivity index (χ0v) is 13.7. The molecule has 21 heavy (non-hydrogen) atoms. The van der Waals surface area contributed by atoms with Gasteiger partial charge < -0.3 is 0 Å². The van der Waals surface area contributed by atoms with E-state index >= 15 is 0 Å². The largest absolute Gasteiger partial charge is 0.285 e. The van der Waals surface area contributed by atoms with Crippen LogP contribution >= 0.6 is 46.1 Å². The highest BCUT2D eigenvalue weighted by molar-refractivity contribution is 7.07. The Labute approximate surface area is 140 Å². The van der Waals surface area contributed by atoms with Gasteiger partial charge >= 0.3 is 0 Å². The van der Waals surface area contributed by atoms with E-state index in [1.807, 2.05) is 40.3 Å². The van der Waals surface area contributed by atoms with Crippen LogP contribution in [0, 0.1) is 5.41 Å². The van der Waals surface area contributed by atoms with Crippen molar-refractivity contribution in [2.45, 2.75) is 0 Å². The number of halogens is 3. The zero-order chi connectivity index (χ0) is 15.0. The lowest BCUT2D eigenvalue weighted by atomic mass is 10.1. The van der Waals surface area contributed by atoms with Gasteiger partial charge in [0.2, 0.25) is 0 Å². The van der Waals surface area contributed by atoms with Crippen LogP contribution in [0.1, 0.15) is 0 Å². The summed E-state index contributed by atoms with van der Waals surface area (Å²) in [6.07, 6.45) is 0. The molecule has 3 rings (SSSR count). The highest BCUT2D eigenvalue weighted by Gasteiger charge is 2.10. The van der Waals surface area contributed by atoms with Crippen molar-refractivity contribution < 1.29 is 0 Å². The summed E-state index contributed by atoms with van der Waals surface area (Å²) in [6, 6.07) is 12.9. The van der Waals surface area contributed by atoms with Gasteiger partial charge in [0.15, 0.2) is 4.80 Å². The van der Waals surface area contributed by atoms with Gasteiger partial charge in [0.25, 0.3) is 0 Å². The lowest BCUT2D eigenvalue weighted by Crippen LogP contribution is -2.12. The van der Waals surface area contributed by atoms with Crippen molar-refractivity contribution in [1.82, 2.24) is 4.57 Å². The molecule has 0 saturated heterocycles. The summed E-state index contributed by atoms with van der Waals surface area (Å²) in [4.78, 5) is 0.415. The first-order valence-electron chi connectivity index (χ1n) is 6.03. The van der Waals surface area contributed by atoms with Gasteiger partial charge in [-0.1, -0.05) is 46.9 Å². The van der Waals surface area contributed by atoms with E-state index in [9.17, 15) is 0 Å². The van der Waals surface area contributed by atoms with Crippen molar-refractivity contribution in [2.75, 3.05) is 0 Å². The van der Waals surface area contributed by atoms with Crippen LogP contribution in [0.5, 0.6) is 0 Å². The maximum atomic E-state index is 8.12. The highest BCUT2D eigenvalue weighted by Crippen LogP contribution is 2.28. The molecule has 0 atom stereocenters. The third-order valence-electron chi connectivity index (χ3n) is 3.03. The van der Waals surface area contributed by atoms with Gasteiger partial charge in [-0.15, -0.1) is 11.3 Å². The van der Waals surface area contributed by atoms with Gasteiger partial charge in [-0.25, -0.2) is 0 Å². The van der Waals surface area contributed by atoms with E-state index < -0.39 is 0 Å². The Morgan fingerprint density at radius 3 is 2.29 bits per heavy atom. The van der Waals surface area contributed by atoms with Crippen molar-refractivity contribution in [1.29, 1.82) is 5.41 Å². The Hall–Kier alpha value is -1.26. The van der Waals surface area contributed by atoms with E-state index in [0.717, 1.165) is 16.9 Å². The first-order chi connectivity index (χ1) is 10.1. The smallest absolute Gasteiger partial charge is 0.187 e. The van der Waals surface area contributed by atoms with E-state index in [2.05, 4.69) is 0 Å². The summed E-state index contributed by atoms with van der Waals surface area (Å²) in [6.45, 7) is 0. The van der Waals surface area contributed by atoms with Crippen LogP contribution in [-0.4, -0.2) is 4.57 Å². The number of nitrogens with one attached hydrogen (secondary N) is 1. The second kappa shape index (κ2) is 5.85.